The third-order valence-electron chi connectivity index (χ3n) is 3.20. The van der Waals surface area contributed by atoms with Gasteiger partial charge in [0.1, 0.15) is 5.41 Å². The third kappa shape index (κ3) is 2.18. The highest BCUT2D eigenvalue weighted by Gasteiger charge is 2.42. The van der Waals surface area contributed by atoms with Crippen LogP contribution in [0.25, 0.3) is 0 Å². The lowest BCUT2D eigenvalue weighted by atomic mass is 9.94. The van der Waals surface area contributed by atoms with Crippen molar-refractivity contribution in [2.24, 2.45) is 5.92 Å². The molecule has 17 heavy (non-hydrogen) atoms. The summed E-state index contributed by atoms with van der Waals surface area (Å²) < 4.78 is 10.2. The first-order chi connectivity index (χ1) is 7.96. The lowest BCUT2D eigenvalue weighted by Crippen LogP contribution is -2.31. The average molecular weight is 238 g/mol. The number of ether oxygens (including phenoxy) is 1. The van der Waals surface area contributed by atoms with E-state index in [-0.39, 0.29) is 5.97 Å². The van der Waals surface area contributed by atoms with Crippen molar-refractivity contribution in [2.45, 2.75) is 45.4 Å². The molecule has 1 aromatic rings. The van der Waals surface area contributed by atoms with Crippen LogP contribution in [0.5, 0.6) is 0 Å². The van der Waals surface area contributed by atoms with Crippen molar-refractivity contribution in [2.75, 3.05) is 6.61 Å². The summed E-state index contributed by atoms with van der Waals surface area (Å²) in [5.41, 5.74) is -0.876. The Morgan fingerprint density at radius 2 is 2.24 bits per heavy atom. The van der Waals surface area contributed by atoms with Gasteiger partial charge < -0.3 is 9.26 Å². The highest BCUT2D eigenvalue weighted by atomic mass is 16.5. The van der Waals surface area contributed by atoms with E-state index in [1.54, 1.807) is 20.8 Å². The minimum atomic E-state index is -0.876. The second-order valence-electron chi connectivity index (χ2n) is 5.12. The number of carbonyl (C=O) groups excluding carboxylic acids is 1. The maximum Gasteiger partial charge on any atom is 0.321 e. The number of aromatic nitrogens is 2. The number of rotatable bonds is 4. The van der Waals surface area contributed by atoms with E-state index in [9.17, 15) is 4.79 Å². The number of hydrogen-bond acceptors (Lipinski definition) is 5. The molecule has 0 spiro atoms. The zero-order valence-corrected chi connectivity index (χ0v) is 10.7. The molecule has 5 heteroatoms. The van der Waals surface area contributed by atoms with Crippen molar-refractivity contribution in [1.82, 2.24) is 10.1 Å². The van der Waals surface area contributed by atoms with E-state index < -0.39 is 5.41 Å². The smallest absolute Gasteiger partial charge is 0.321 e. The molecule has 1 aliphatic carbocycles. The number of nitrogens with zero attached hydrogens (tertiary/aromatic N) is 2. The molecule has 1 fully saturated rings. The van der Waals surface area contributed by atoms with Gasteiger partial charge in [-0.25, -0.2) is 0 Å². The van der Waals surface area contributed by atoms with Crippen molar-refractivity contribution in [1.29, 1.82) is 0 Å². The molecular formula is C12H18N2O3. The Hall–Kier alpha value is -1.39. The van der Waals surface area contributed by atoms with Crippen molar-refractivity contribution >= 4 is 5.97 Å². The molecule has 2 rings (SSSR count). The zero-order chi connectivity index (χ0) is 12.6. The molecule has 0 aromatic carbocycles. The first-order valence-corrected chi connectivity index (χ1v) is 5.98. The molecule has 1 aliphatic rings. The van der Waals surface area contributed by atoms with Crippen LogP contribution in [0.4, 0.5) is 0 Å². The van der Waals surface area contributed by atoms with Gasteiger partial charge in [-0.05, 0) is 33.1 Å². The Morgan fingerprint density at radius 1 is 1.59 bits per heavy atom. The van der Waals surface area contributed by atoms with Gasteiger partial charge in [0.2, 0.25) is 5.89 Å². The van der Waals surface area contributed by atoms with Gasteiger partial charge in [-0.3, -0.25) is 4.79 Å². The summed E-state index contributed by atoms with van der Waals surface area (Å²) in [7, 11) is 0. The van der Waals surface area contributed by atoms with Crippen molar-refractivity contribution in [3.63, 3.8) is 0 Å². The normalized spacial score (nSPS) is 23.5. The zero-order valence-electron chi connectivity index (χ0n) is 10.7. The lowest BCUT2D eigenvalue weighted by molar-refractivity contribution is -0.149. The highest BCUT2D eigenvalue weighted by molar-refractivity contribution is 5.80. The largest absolute Gasteiger partial charge is 0.465 e. The quantitative estimate of drug-likeness (QED) is 0.751. The molecular weight excluding hydrogens is 220 g/mol. The molecule has 0 amide bonds. The Kier molecular flexibility index (Phi) is 2.93. The van der Waals surface area contributed by atoms with Crippen LogP contribution in [-0.2, 0) is 14.9 Å². The molecule has 0 bridgehead atoms. The third-order valence-corrected chi connectivity index (χ3v) is 3.20. The topological polar surface area (TPSA) is 65.2 Å². The Balaban J connectivity index is 2.15. The predicted molar refractivity (Wildman–Crippen MR) is 60.5 cm³/mol. The summed E-state index contributed by atoms with van der Waals surface area (Å²) in [6, 6.07) is 0. The molecule has 0 N–H and O–H groups in total. The fourth-order valence-electron chi connectivity index (χ4n) is 1.72. The van der Waals surface area contributed by atoms with Crippen LogP contribution in [-0.4, -0.2) is 22.7 Å². The molecule has 0 radical (unpaired) electrons. The van der Waals surface area contributed by atoms with E-state index in [2.05, 4.69) is 17.1 Å². The van der Waals surface area contributed by atoms with E-state index in [0.29, 0.717) is 30.2 Å². The Bertz CT molecular complexity index is 425. The minimum Gasteiger partial charge on any atom is -0.465 e. The van der Waals surface area contributed by atoms with Crippen molar-refractivity contribution < 1.29 is 14.1 Å². The standard InChI is InChI=1S/C12H18N2O3/c1-5-16-11(15)12(3,4)10-13-9(14-17-10)8-6-7(8)2/h7-8H,5-6H2,1-4H3. The van der Waals surface area contributed by atoms with Crippen LogP contribution >= 0.6 is 0 Å². The molecule has 94 valence electrons. The van der Waals surface area contributed by atoms with Crippen molar-refractivity contribution in [3.8, 4) is 0 Å². The second kappa shape index (κ2) is 4.13. The van der Waals surface area contributed by atoms with Gasteiger partial charge in [0.25, 0.3) is 0 Å². The molecule has 0 aliphatic heterocycles. The van der Waals surface area contributed by atoms with Crippen LogP contribution in [0.15, 0.2) is 4.52 Å². The van der Waals surface area contributed by atoms with Gasteiger partial charge in [-0.2, -0.15) is 4.98 Å². The van der Waals surface area contributed by atoms with Crippen LogP contribution in [0, 0.1) is 5.92 Å². The van der Waals surface area contributed by atoms with E-state index in [1.165, 1.54) is 0 Å². The summed E-state index contributed by atoms with van der Waals surface area (Å²) >= 11 is 0. The Labute approximate surface area is 101 Å². The minimum absolute atomic E-state index is 0.334. The van der Waals surface area contributed by atoms with Crippen LogP contribution in [0.1, 0.15) is 51.7 Å². The number of esters is 1. The van der Waals surface area contributed by atoms with E-state index >= 15 is 0 Å². The summed E-state index contributed by atoms with van der Waals surface area (Å²) in [5.74, 6) is 1.73. The first kappa shape index (κ1) is 12.1. The number of hydrogen-bond donors (Lipinski definition) is 0. The van der Waals surface area contributed by atoms with Crippen LogP contribution in [0.2, 0.25) is 0 Å². The molecule has 1 heterocycles. The molecule has 0 saturated heterocycles. The molecule has 1 saturated carbocycles. The van der Waals surface area contributed by atoms with Gasteiger partial charge in [-0.15, -0.1) is 0 Å². The highest BCUT2D eigenvalue weighted by Crippen LogP contribution is 2.45. The molecule has 2 unspecified atom stereocenters. The second-order valence-corrected chi connectivity index (χ2v) is 5.12. The summed E-state index contributed by atoms with van der Waals surface area (Å²) in [5, 5.41) is 3.94. The average Bonchev–Trinajstić information content (AvgIpc) is 2.82. The summed E-state index contributed by atoms with van der Waals surface area (Å²) in [6.45, 7) is 7.75. The van der Waals surface area contributed by atoms with E-state index in [0.717, 1.165) is 6.42 Å². The van der Waals surface area contributed by atoms with Gasteiger partial charge in [-0.1, -0.05) is 12.1 Å². The fourth-order valence-corrected chi connectivity index (χ4v) is 1.72. The summed E-state index contributed by atoms with van der Waals surface area (Å²) in [4.78, 5) is 16.1. The van der Waals surface area contributed by atoms with Crippen LogP contribution in [0.3, 0.4) is 0 Å². The SMILES string of the molecule is CCOC(=O)C(C)(C)c1nc(C2CC2C)no1. The fraction of sp³-hybridized carbons (Fsp3) is 0.750. The molecule has 2 atom stereocenters. The van der Waals surface area contributed by atoms with Crippen molar-refractivity contribution in [3.05, 3.63) is 11.7 Å². The maximum absolute atomic E-state index is 11.8. The lowest BCUT2D eigenvalue weighted by Gasteiger charge is -2.16. The van der Waals surface area contributed by atoms with E-state index in [1.807, 2.05) is 0 Å². The van der Waals surface area contributed by atoms with Crippen LogP contribution < -0.4 is 0 Å². The maximum atomic E-state index is 11.8. The van der Waals surface area contributed by atoms with Gasteiger partial charge in [0.15, 0.2) is 5.82 Å². The Morgan fingerprint density at radius 3 is 2.76 bits per heavy atom. The van der Waals surface area contributed by atoms with Gasteiger partial charge in [0, 0.05) is 5.92 Å². The van der Waals surface area contributed by atoms with E-state index in [4.69, 9.17) is 9.26 Å². The molecule has 5 nitrogen and oxygen atoms in total. The van der Waals surface area contributed by atoms with Gasteiger partial charge in [0.05, 0.1) is 6.61 Å². The van der Waals surface area contributed by atoms with Gasteiger partial charge >= 0.3 is 5.97 Å². The summed E-state index contributed by atoms with van der Waals surface area (Å²) in [6.07, 6.45) is 1.10. The molecule has 1 aromatic heterocycles. The predicted octanol–water partition coefficient (Wildman–Crippen LogP) is 2.03. The first-order valence-electron chi connectivity index (χ1n) is 5.98. The monoisotopic (exact) mass is 238 g/mol. The number of carbonyl (C=O) groups is 1.